The Hall–Kier alpha value is -1.64. The highest BCUT2D eigenvalue weighted by Crippen LogP contribution is 2.30. The van der Waals surface area contributed by atoms with E-state index in [4.69, 9.17) is 0 Å². The van der Waals surface area contributed by atoms with E-state index in [0.717, 1.165) is 12.1 Å². The quantitative estimate of drug-likeness (QED) is 0.534. The van der Waals surface area contributed by atoms with E-state index >= 15 is 0 Å². The minimum Gasteiger partial charge on any atom is -0.322 e. The molecule has 2 aromatic carbocycles. The number of alkyl halides is 3. The third kappa shape index (κ3) is 3.76. The van der Waals surface area contributed by atoms with Crippen LogP contribution < -0.4 is 5.32 Å². The van der Waals surface area contributed by atoms with Crippen LogP contribution in [0.1, 0.15) is 21.5 Å². The summed E-state index contributed by atoms with van der Waals surface area (Å²) in [6.07, 6.45) is -4.51. The number of aryl methyl sites for hydroxylation is 1. The van der Waals surface area contributed by atoms with Crippen LogP contribution in [0.15, 0.2) is 36.4 Å². The van der Waals surface area contributed by atoms with Crippen molar-refractivity contribution in [3.8, 4) is 0 Å². The summed E-state index contributed by atoms with van der Waals surface area (Å²) in [5, 5.41) is 2.28. The van der Waals surface area contributed by atoms with Crippen LogP contribution in [0, 0.1) is 16.3 Å². The normalized spacial score (nSPS) is 11.4. The highest BCUT2D eigenvalue weighted by Gasteiger charge is 2.30. The molecule has 0 atom stereocenters. The molecule has 0 spiro atoms. The van der Waals surface area contributed by atoms with Gasteiger partial charge in [-0.1, -0.05) is 6.07 Å². The van der Waals surface area contributed by atoms with Gasteiger partial charge in [-0.15, -0.1) is 0 Å². The van der Waals surface area contributed by atoms with Gasteiger partial charge >= 0.3 is 6.18 Å². The van der Waals surface area contributed by atoms with Crippen molar-refractivity contribution in [2.75, 3.05) is 5.32 Å². The molecule has 0 saturated carbocycles. The van der Waals surface area contributed by atoms with Crippen LogP contribution in [0.4, 0.5) is 23.2 Å². The highest BCUT2D eigenvalue weighted by atomic mass is 127. The molecular weight excluding hydrogens is 413 g/mol. The Morgan fingerprint density at radius 2 is 1.86 bits per heavy atom. The molecule has 0 heterocycles. The molecule has 2 aromatic rings. The summed E-state index contributed by atoms with van der Waals surface area (Å²) < 4.78 is 52.3. The summed E-state index contributed by atoms with van der Waals surface area (Å²) >= 11 is 1.95. The minimum absolute atomic E-state index is 0.0465. The van der Waals surface area contributed by atoms with Crippen molar-refractivity contribution in [3.63, 3.8) is 0 Å². The number of hydrogen-bond acceptors (Lipinski definition) is 1. The number of amides is 1. The Bertz CT molecular complexity index is 728. The predicted molar refractivity (Wildman–Crippen MR) is 83.3 cm³/mol. The van der Waals surface area contributed by atoms with Crippen molar-refractivity contribution < 1.29 is 22.4 Å². The van der Waals surface area contributed by atoms with Crippen molar-refractivity contribution in [2.45, 2.75) is 13.1 Å². The average molecular weight is 423 g/mol. The molecule has 0 unspecified atom stereocenters. The number of halogens is 5. The van der Waals surface area contributed by atoms with Crippen LogP contribution in [0.2, 0.25) is 0 Å². The maximum atomic E-state index is 13.8. The molecule has 1 amide bonds. The van der Waals surface area contributed by atoms with Gasteiger partial charge in [0.2, 0.25) is 0 Å². The standard InChI is InChI=1S/C15H10F4INO/c1-8-5-12(16)11(7-13(8)20)14(22)21-10-4-2-3-9(6-10)15(17,18)19/h2-7H,1H3,(H,21,22). The molecule has 116 valence electrons. The lowest BCUT2D eigenvalue weighted by atomic mass is 10.1. The van der Waals surface area contributed by atoms with Gasteiger partial charge in [-0.3, -0.25) is 4.79 Å². The van der Waals surface area contributed by atoms with E-state index in [9.17, 15) is 22.4 Å². The van der Waals surface area contributed by atoms with Crippen LogP contribution >= 0.6 is 22.6 Å². The van der Waals surface area contributed by atoms with Gasteiger partial charge in [0, 0.05) is 9.26 Å². The molecule has 0 saturated heterocycles. The second-order valence-electron chi connectivity index (χ2n) is 4.61. The fourth-order valence-corrected chi connectivity index (χ4v) is 2.26. The van der Waals surface area contributed by atoms with Crippen LogP contribution in [0.5, 0.6) is 0 Å². The maximum absolute atomic E-state index is 13.8. The van der Waals surface area contributed by atoms with Gasteiger partial charge < -0.3 is 5.32 Å². The summed E-state index contributed by atoms with van der Waals surface area (Å²) in [5.41, 5.74) is -0.472. The molecule has 7 heteroatoms. The molecule has 2 rings (SSSR count). The lowest BCUT2D eigenvalue weighted by molar-refractivity contribution is -0.137. The van der Waals surface area contributed by atoms with Gasteiger partial charge in [-0.05, 0) is 65.4 Å². The first-order chi connectivity index (χ1) is 10.2. The zero-order valence-corrected chi connectivity index (χ0v) is 13.4. The van der Waals surface area contributed by atoms with Crippen LogP contribution in [-0.4, -0.2) is 5.91 Å². The van der Waals surface area contributed by atoms with Gasteiger partial charge in [0.15, 0.2) is 0 Å². The lowest BCUT2D eigenvalue weighted by Gasteiger charge is -2.11. The number of benzene rings is 2. The van der Waals surface area contributed by atoms with Crippen LogP contribution in [0.3, 0.4) is 0 Å². The van der Waals surface area contributed by atoms with E-state index in [-0.39, 0.29) is 11.3 Å². The van der Waals surface area contributed by atoms with E-state index in [2.05, 4.69) is 5.32 Å². The molecule has 0 bridgehead atoms. The summed E-state index contributed by atoms with van der Waals surface area (Å²) in [7, 11) is 0. The maximum Gasteiger partial charge on any atom is 0.416 e. The molecule has 0 radical (unpaired) electrons. The summed E-state index contributed by atoms with van der Waals surface area (Å²) in [5.74, 6) is -1.52. The van der Waals surface area contributed by atoms with Crippen molar-refractivity contribution in [2.24, 2.45) is 0 Å². The molecule has 0 aliphatic carbocycles. The number of anilines is 1. The fourth-order valence-electron chi connectivity index (χ4n) is 1.79. The molecule has 0 aliphatic heterocycles. The first kappa shape index (κ1) is 16.7. The summed E-state index contributed by atoms with van der Waals surface area (Å²) in [6, 6.07) is 6.74. The zero-order valence-electron chi connectivity index (χ0n) is 11.3. The van der Waals surface area contributed by atoms with E-state index in [1.165, 1.54) is 24.3 Å². The molecule has 22 heavy (non-hydrogen) atoms. The van der Waals surface area contributed by atoms with Crippen LogP contribution in [0.25, 0.3) is 0 Å². The molecule has 1 N–H and O–H groups in total. The van der Waals surface area contributed by atoms with Gasteiger partial charge in [-0.2, -0.15) is 13.2 Å². The topological polar surface area (TPSA) is 29.1 Å². The second kappa shape index (κ2) is 6.23. The smallest absolute Gasteiger partial charge is 0.322 e. The number of nitrogens with one attached hydrogen (secondary N) is 1. The SMILES string of the molecule is Cc1cc(F)c(C(=O)Nc2cccc(C(F)(F)F)c2)cc1I. The first-order valence-electron chi connectivity index (χ1n) is 6.13. The Balaban J connectivity index is 2.28. The fraction of sp³-hybridized carbons (Fsp3) is 0.133. The largest absolute Gasteiger partial charge is 0.416 e. The van der Waals surface area contributed by atoms with Crippen molar-refractivity contribution in [1.82, 2.24) is 0 Å². The monoisotopic (exact) mass is 423 g/mol. The Morgan fingerprint density at radius 3 is 2.50 bits per heavy atom. The Kier molecular flexibility index (Phi) is 4.74. The number of hydrogen-bond donors (Lipinski definition) is 1. The lowest BCUT2D eigenvalue weighted by Crippen LogP contribution is -2.15. The molecule has 0 aromatic heterocycles. The van der Waals surface area contributed by atoms with E-state index in [1.807, 2.05) is 22.6 Å². The molecular formula is C15H10F4INO. The van der Waals surface area contributed by atoms with Crippen molar-refractivity contribution in [1.29, 1.82) is 0 Å². The summed E-state index contributed by atoms with van der Waals surface area (Å²) in [6.45, 7) is 1.69. The van der Waals surface area contributed by atoms with Crippen molar-refractivity contribution >= 4 is 34.2 Å². The van der Waals surface area contributed by atoms with Gasteiger partial charge in [-0.25, -0.2) is 4.39 Å². The first-order valence-corrected chi connectivity index (χ1v) is 7.20. The van der Waals surface area contributed by atoms with E-state index in [0.29, 0.717) is 9.13 Å². The Labute approximate surface area is 137 Å². The highest BCUT2D eigenvalue weighted by molar-refractivity contribution is 14.1. The number of carbonyl (C=O) groups excluding carboxylic acids is 1. The third-order valence-electron chi connectivity index (χ3n) is 2.94. The molecule has 0 fully saturated rings. The van der Waals surface area contributed by atoms with Gasteiger partial charge in [0.05, 0.1) is 11.1 Å². The molecule has 2 nitrogen and oxygen atoms in total. The number of carbonyl (C=O) groups is 1. The third-order valence-corrected chi connectivity index (χ3v) is 4.10. The van der Waals surface area contributed by atoms with E-state index in [1.54, 1.807) is 6.92 Å². The van der Waals surface area contributed by atoms with E-state index < -0.39 is 23.5 Å². The zero-order chi connectivity index (χ0) is 16.5. The minimum atomic E-state index is -4.51. The molecule has 0 aliphatic rings. The predicted octanol–water partition coefficient (Wildman–Crippen LogP) is 5.01. The van der Waals surface area contributed by atoms with Gasteiger partial charge in [0.25, 0.3) is 5.91 Å². The number of rotatable bonds is 2. The van der Waals surface area contributed by atoms with Gasteiger partial charge in [0.1, 0.15) is 5.82 Å². The van der Waals surface area contributed by atoms with Crippen molar-refractivity contribution in [3.05, 3.63) is 62.5 Å². The van der Waals surface area contributed by atoms with Crippen LogP contribution in [-0.2, 0) is 6.18 Å². The second-order valence-corrected chi connectivity index (χ2v) is 5.78. The Morgan fingerprint density at radius 1 is 1.18 bits per heavy atom. The summed E-state index contributed by atoms with van der Waals surface area (Å²) in [4.78, 5) is 12.0. The average Bonchev–Trinajstić information content (AvgIpc) is 2.42.